The van der Waals surface area contributed by atoms with Gasteiger partial charge in [-0.05, 0) is 20.8 Å². The Morgan fingerprint density at radius 1 is 1.31 bits per heavy atom. The van der Waals surface area contributed by atoms with Gasteiger partial charge in [0.25, 0.3) is 0 Å². The molecule has 2 rings (SSSR count). The number of benzene rings is 1. The Morgan fingerprint density at radius 3 is 2.42 bits per heavy atom. The first-order chi connectivity index (χ1) is 12.3. The fraction of sp³-hybridized carbons (Fsp3) is 0.333. The van der Waals surface area contributed by atoms with Crippen molar-refractivity contribution in [3.63, 3.8) is 0 Å². The van der Waals surface area contributed by atoms with Crippen LogP contribution in [0.15, 0.2) is 34.9 Å². The largest absolute Gasteiger partial charge is 0.494 e. The van der Waals surface area contributed by atoms with Gasteiger partial charge in [0.1, 0.15) is 34.8 Å². The Labute approximate surface area is 149 Å². The molecule has 0 aromatic heterocycles. The maximum atomic E-state index is 14.7. The molecule has 0 fully saturated rings. The van der Waals surface area contributed by atoms with Crippen molar-refractivity contribution in [3.8, 4) is 11.8 Å². The number of halogens is 2. The van der Waals surface area contributed by atoms with Crippen LogP contribution in [0.2, 0.25) is 0 Å². The van der Waals surface area contributed by atoms with Crippen LogP contribution in [0.4, 0.5) is 8.78 Å². The molecule has 0 spiro atoms. The lowest BCUT2D eigenvalue weighted by molar-refractivity contribution is -0.139. The van der Waals surface area contributed by atoms with E-state index in [0.29, 0.717) is 0 Å². The summed E-state index contributed by atoms with van der Waals surface area (Å²) in [6.07, 6.45) is 0. The minimum atomic E-state index is -1.39. The standard InChI is InChI=1S/C18H18F2N2O4/c1-4-24-10-6-12(19)16(13(20)7-10)15-11(8-21)17(22)26-9(3)14(15)18(23)25-5-2/h6-7,15H,4-5,22H2,1-3H3. The molecule has 0 bridgehead atoms. The quantitative estimate of drug-likeness (QED) is 0.807. The molecule has 6 nitrogen and oxygen atoms in total. The van der Waals surface area contributed by atoms with E-state index in [-0.39, 0.29) is 41.8 Å². The topological polar surface area (TPSA) is 94.6 Å². The van der Waals surface area contributed by atoms with E-state index in [1.165, 1.54) is 6.92 Å². The van der Waals surface area contributed by atoms with Gasteiger partial charge in [-0.2, -0.15) is 5.26 Å². The van der Waals surface area contributed by atoms with Gasteiger partial charge in [0.05, 0.1) is 24.7 Å². The molecular formula is C18H18F2N2O4. The molecule has 1 unspecified atom stereocenters. The SMILES string of the molecule is CCOC(=O)C1=C(C)OC(N)=C(C#N)C1c1c(F)cc(OCC)cc1F. The Morgan fingerprint density at radius 2 is 1.92 bits per heavy atom. The number of ether oxygens (including phenoxy) is 3. The molecule has 1 aromatic carbocycles. The lowest BCUT2D eigenvalue weighted by Gasteiger charge is -2.27. The first-order valence-electron chi connectivity index (χ1n) is 7.92. The Kier molecular flexibility index (Phi) is 5.82. The Balaban J connectivity index is 2.70. The number of allylic oxidation sites excluding steroid dienone is 2. The molecule has 26 heavy (non-hydrogen) atoms. The van der Waals surface area contributed by atoms with E-state index in [1.807, 2.05) is 0 Å². The van der Waals surface area contributed by atoms with Crippen molar-refractivity contribution in [1.82, 2.24) is 0 Å². The van der Waals surface area contributed by atoms with Gasteiger partial charge in [-0.15, -0.1) is 0 Å². The number of nitriles is 1. The zero-order valence-electron chi connectivity index (χ0n) is 14.6. The lowest BCUT2D eigenvalue weighted by Crippen LogP contribution is -2.26. The maximum absolute atomic E-state index is 14.7. The molecule has 138 valence electrons. The molecule has 0 aliphatic carbocycles. The molecule has 1 aliphatic rings. The van der Waals surface area contributed by atoms with Gasteiger partial charge in [0.2, 0.25) is 5.88 Å². The van der Waals surface area contributed by atoms with E-state index in [0.717, 1.165) is 12.1 Å². The molecular weight excluding hydrogens is 346 g/mol. The van der Waals surface area contributed by atoms with Gasteiger partial charge in [0.15, 0.2) is 0 Å². The first-order valence-corrected chi connectivity index (χ1v) is 7.92. The normalized spacial score (nSPS) is 16.8. The van der Waals surface area contributed by atoms with Gasteiger partial charge in [-0.1, -0.05) is 0 Å². The zero-order chi connectivity index (χ0) is 19.4. The van der Waals surface area contributed by atoms with Crippen molar-refractivity contribution in [2.75, 3.05) is 13.2 Å². The van der Waals surface area contributed by atoms with Crippen LogP contribution in [0.1, 0.15) is 32.3 Å². The molecule has 1 atom stereocenters. The minimum Gasteiger partial charge on any atom is -0.494 e. The molecule has 1 heterocycles. The van der Waals surface area contributed by atoms with Gasteiger partial charge >= 0.3 is 5.97 Å². The fourth-order valence-corrected chi connectivity index (χ4v) is 2.73. The predicted octanol–water partition coefficient (Wildman–Crippen LogP) is 3.01. The Hall–Kier alpha value is -3.08. The summed E-state index contributed by atoms with van der Waals surface area (Å²) in [5.74, 6) is -4.50. The van der Waals surface area contributed by atoms with Gasteiger partial charge in [-0.3, -0.25) is 0 Å². The van der Waals surface area contributed by atoms with Crippen LogP contribution in [0.3, 0.4) is 0 Å². The summed E-state index contributed by atoms with van der Waals surface area (Å²) in [5.41, 5.74) is 4.74. The average Bonchev–Trinajstić information content (AvgIpc) is 2.54. The number of carbonyl (C=O) groups excluding carboxylic acids is 1. The molecule has 0 amide bonds. The van der Waals surface area contributed by atoms with Crippen molar-refractivity contribution in [1.29, 1.82) is 5.26 Å². The van der Waals surface area contributed by atoms with Crippen LogP contribution in [0.25, 0.3) is 0 Å². The van der Waals surface area contributed by atoms with Crippen LogP contribution < -0.4 is 10.5 Å². The molecule has 0 saturated heterocycles. The summed E-state index contributed by atoms with van der Waals surface area (Å²) in [6, 6.07) is 3.74. The van der Waals surface area contributed by atoms with E-state index in [1.54, 1.807) is 19.9 Å². The Bertz CT molecular complexity index is 817. The summed E-state index contributed by atoms with van der Waals surface area (Å²) >= 11 is 0. The summed E-state index contributed by atoms with van der Waals surface area (Å²) < 4.78 is 44.7. The second-order valence-corrected chi connectivity index (χ2v) is 5.35. The summed E-state index contributed by atoms with van der Waals surface area (Å²) in [6.45, 7) is 4.92. The zero-order valence-corrected chi connectivity index (χ0v) is 14.6. The number of carbonyl (C=O) groups is 1. The lowest BCUT2D eigenvalue weighted by atomic mass is 9.82. The maximum Gasteiger partial charge on any atom is 0.338 e. The summed E-state index contributed by atoms with van der Waals surface area (Å²) in [7, 11) is 0. The average molecular weight is 364 g/mol. The van der Waals surface area contributed by atoms with E-state index in [4.69, 9.17) is 19.9 Å². The second-order valence-electron chi connectivity index (χ2n) is 5.35. The van der Waals surface area contributed by atoms with Gasteiger partial charge in [0, 0.05) is 17.7 Å². The number of nitrogens with two attached hydrogens (primary N) is 1. The van der Waals surface area contributed by atoms with Crippen LogP contribution in [0.5, 0.6) is 5.75 Å². The smallest absolute Gasteiger partial charge is 0.338 e. The highest BCUT2D eigenvalue weighted by Crippen LogP contribution is 2.42. The first kappa shape index (κ1) is 19.2. The van der Waals surface area contributed by atoms with Crippen molar-refractivity contribution < 1.29 is 27.8 Å². The molecule has 8 heteroatoms. The van der Waals surface area contributed by atoms with Gasteiger partial charge in [-0.25, -0.2) is 13.6 Å². The molecule has 0 radical (unpaired) electrons. The van der Waals surface area contributed by atoms with Crippen molar-refractivity contribution in [3.05, 3.63) is 52.1 Å². The number of hydrogen-bond donors (Lipinski definition) is 1. The third-order valence-corrected chi connectivity index (χ3v) is 3.75. The van der Waals surface area contributed by atoms with E-state index < -0.39 is 29.1 Å². The third kappa shape index (κ3) is 3.47. The highest BCUT2D eigenvalue weighted by molar-refractivity contribution is 5.92. The van der Waals surface area contributed by atoms with Crippen molar-refractivity contribution >= 4 is 5.97 Å². The number of nitrogens with zero attached hydrogens (tertiary/aromatic N) is 1. The molecule has 1 aliphatic heterocycles. The summed E-state index contributed by atoms with van der Waals surface area (Å²) in [4.78, 5) is 12.3. The third-order valence-electron chi connectivity index (χ3n) is 3.75. The fourth-order valence-electron chi connectivity index (χ4n) is 2.73. The monoisotopic (exact) mass is 364 g/mol. The minimum absolute atomic E-state index is 0.00726. The van der Waals surface area contributed by atoms with Crippen LogP contribution in [-0.2, 0) is 14.3 Å². The van der Waals surface area contributed by atoms with E-state index in [9.17, 15) is 18.8 Å². The van der Waals surface area contributed by atoms with Crippen LogP contribution in [-0.4, -0.2) is 19.2 Å². The van der Waals surface area contributed by atoms with Gasteiger partial charge < -0.3 is 19.9 Å². The second kappa shape index (κ2) is 7.87. The predicted molar refractivity (Wildman–Crippen MR) is 87.5 cm³/mol. The van der Waals surface area contributed by atoms with Crippen LogP contribution >= 0.6 is 0 Å². The molecule has 0 saturated carbocycles. The highest BCUT2D eigenvalue weighted by atomic mass is 19.1. The summed E-state index contributed by atoms with van der Waals surface area (Å²) in [5, 5.41) is 9.42. The van der Waals surface area contributed by atoms with E-state index >= 15 is 0 Å². The van der Waals surface area contributed by atoms with E-state index in [2.05, 4.69) is 0 Å². The number of rotatable bonds is 5. The highest BCUT2D eigenvalue weighted by Gasteiger charge is 2.39. The molecule has 1 aromatic rings. The van der Waals surface area contributed by atoms with Crippen molar-refractivity contribution in [2.24, 2.45) is 5.73 Å². The number of hydrogen-bond acceptors (Lipinski definition) is 6. The van der Waals surface area contributed by atoms with Crippen LogP contribution in [0, 0.1) is 23.0 Å². The molecule has 2 N–H and O–H groups in total. The number of esters is 1. The van der Waals surface area contributed by atoms with Crippen molar-refractivity contribution in [2.45, 2.75) is 26.7 Å².